The van der Waals surface area contributed by atoms with Gasteiger partial charge in [-0.15, -0.1) is 0 Å². The average Bonchev–Trinajstić information content (AvgIpc) is 2.98. The van der Waals surface area contributed by atoms with E-state index in [-0.39, 0.29) is 23.8 Å². The second kappa shape index (κ2) is 6.86. The third kappa shape index (κ3) is 3.54. The molecule has 0 spiro atoms. The Hall–Kier alpha value is -3.02. The summed E-state index contributed by atoms with van der Waals surface area (Å²) in [5.41, 5.74) is 3.42. The van der Waals surface area contributed by atoms with Gasteiger partial charge in [0, 0.05) is 25.1 Å². The molecule has 0 fully saturated rings. The highest BCUT2D eigenvalue weighted by Crippen LogP contribution is 2.36. The largest absolute Gasteiger partial charge is 0.497 e. The molecule has 146 valence electrons. The zero-order chi connectivity index (χ0) is 19.9. The fourth-order valence-corrected chi connectivity index (χ4v) is 3.89. The molecule has 0 bridgehead atoms. The van der Waals surface area contributed by atoms with E-state index in [0.717, 1.165) is 28.9 Å². The molecule has 6 heteroatoms. The van der Waals surface area contributed by atoms with Gasteiger partial charge >= 0.3 is 0 Å². The molecule has 0 aromatic heterocycles. The monoisotopic (exact) mass is 380 g/mol. The topological polar surface area (TPSA) is 76.7 Å². The Morgan fingerprint density at radius 1 is 1.29 bits per heavy atom. The molecule has 6 nitrogen and oxygen atoms in total. The van der Waals surface area contributed by atoms with Crippen LogP contribution >= 0.6 is 0 Å². The van der Waals surface area contributed by atoms with Crippen molar-refractivity contribution < 1.29 is 19.1 Å². The first-order valence-corrected chi connectivity index (χ1v) is 9.41. The first-order valence-electron chi connectivity index (χ1n) is 9.41. The Kier molecular flexibility index (Phi) is 4.49. The molecule has 2 aliphatic rings. The lowest BCUT2D eigenvalue weighted by atomic mass is 9.89. The van der Waals surface area contributed by atoms with Crippen LogP contribution < -0.4 is 20.1 Å². The predicted octanol–water partition coefficient (Wildman–Crippen LogP) is 3.15. The Morgan fingerprint density at radius 3 is 2.89 bits per heavy atom. The molecule has 28 heavy (non-hydrogen) atoms. The number of carbonyl (C=O) groups excluding carboxylic acids is 2. The number of hydrogen-bond donors (Lipinski definition) is 2. The number of rotatable bonds is 4. The highest BCUT2D eigenvalue weighted by Gasteiger charge is 2.32. The fraction of sp³-hybridized carbons (Fsp3) is 0.364. The van der Waals surface area contributed by atoms with Gasteiger partial charge in [-0.2, -0.15) is 0 Å². The standard InChI is InChI=1S/C22H24N2O4/c1-22(2)11-14-8-13(4-7-19(14)28-22)12-23-21(26)17-10-20(25)24-18-6-5-15(27-3)9-16(17)18/h4-9,17H,10-12H2,1-3H3,(H,23,26)(H,24,25). The fourth-order valence-electron chi connectivity index (χ4n) is 3.89. The zero-order valence-corrected chi connectivity index (χ0v) is 16.3. The Morgan fingerprint density at radius 2 is 2.11 bits per heavy atom. The van der Waals surface area contributed by atoms with E-state index in [4.69, 9.17) is 9.47 Å². The van der Waals surface area contributed by atoms with Crippen molar-refractivity contribution in [3.8, 4) is 11.5 Å². The van der Waals surface area contributed by atoms with E-state index in [1.54, 1.807) is 19.2 Å². The van der Waals surface area contributed by atoms with E-state index in [9.17, 15) is 9.59 Å². The number of nitrogens with one attached hydrogen (secondary N) is 2. The number of amides is 2. The van der Waals surface area contributed by atoms with Gasteiger partial charge in [0.05, 0.1) is 13.0 Å². The molecule has 0 saturated heterocycles. The number of carbonyl (C=O) groups is 2. The van der Waals surface area contributed by atoms with Gasteiger partial charge in [0.2, 0.25) is 11.8 Å². The van der Waals surface area contributed by atoms with E-state index in [1.807, 2.05) is 18.2 Å². The van der Waals surface area contributed by atoms with E-state index in [0.29, 0.717) is 18.0 Å². The minimum Gasteiger partial charge on any atom is -0.497 e. The van der Waals surface area contributed by atoms with E-state index >= 15 is 0 Å². The van der Waals surface area contributed by atoms with Crippen molar-refractivity contribution in [2.24, 2.45) is 0 Å². The van der Waals surface area contributed by atoms with Crippen molar-refractivity contribution in [3.05, 3.63) is 53.1 Å². The van der Waals surface area contributed by atoms with Crippen LogP contribution in [-0.4, -0.2) is 24.5 Å². The summed E-state index contributed by atoms with van der Waals surface area (Å²) in [5, 5.41) is 5.80. The minimum atomic E-state index is -0.532. The smallest absolute Gasteiger partial charge is 0.228 e. The predicted molar refractivity (Wildman–Crippen MR) is 106 cm³/mol. The summed E-state index contributed by atoms with van der Waals surface area (Å²) in [7, 11) is 1.58. The van der Waals surface area contributed by atoms with Crippen LogP contribution in [0.3, 0.4) is 0 Å². The van der Waals surface area contributed by atoms with Gasteiger partial charge in [-0.3, -0.25) is 9.59 Å². The second-order valence-corrected chi connectivity index (χ2v) is 7.96. The molecule has 1 atom stereocenters. The van der Waals surface area contributed by atoms with Crippen LogP contribution in [0.4, 0.5) is 5.69 Å². The highest BCUT2D eigenvalue weighted by molar-refractivity contribution is 6.01. The highest BCUT2D eigenvalue weighted by atomic mass is 16.5. The average molecular weight is 380 g/mol. The normalized spacial score (nSPS) is 19.1. The summed E-state index contributed by atoms with van der Waals surface area (Å²) in [4.78, 5) is 24.9. The lowest BCUT2D eigenvalue weighted by molar-refractivity contribution is -0.126. The molecule has 2 aliphatic heterocycles. The number of methoxy groups -OCH3 is 1. The lowest BCUT2D eigenvalue weighted by Crippen LogP contribution is -2.34. The van der Waals surface area contributed by atoms with Crippen LogP contribution in [0.25, 0.3) is 0 Å². The zero-order valence-electron chi connectivity index (χ0n) is 16.3. The Labute approximate surface area is 164 Å². The maximum atomic E-state index is 12.9. The molecule has 1 unspecified atom stereocenters. The van der Waals surface area contributed by atoms with Crippen LogP contribution in [0.2, 0.25) is 0 Å². The van der Waals surface area contributed by atoms with Gasteiger partial charge in [-0.05, 0) is 54.8 Å². The minimum absolute atomic E-state index is 0.123. The summed E-state index contributed by atoms with van der Waals surface area (Å²) in [5.74, 6) is 0.714. The van der Waals surface area contributed by atoms with Crippen LogP contribution in [0.1, 0.15) is 42.9 Å². The van der Waals surface area contributed by atoms with Crippen molar-refractivity contribution in [1.29, 1.82) is 0 Å². The Bertz CT molecular complexity index is 952. The maximum absolute atomic E-state index is 12.9. The van der Waals surface area contributed by atoms with Crippen LogP contribution in [0.15, 0.2) is 36.4 Å². The van der Waals surface area contributed by atoms with Gasteiger partial charge in [0.25, 0.3) is 0 Å². The van der Waals surface area contributed by atoms with Crippen molar-refractivity contribution in [1.82, 2.24) is 5.32 Å². The summed E-state index contributed by atoms with van der Waals surface area (Å²) in [6.45, 7) is 4.53. The molecule has 0 aliphatic carbocycles. The van der Waals surface area contributed by atoms with Gasteiger partial charge in [-0.1, -0.05) is 12.1 Å². The number of anilines is 1. The van der Waals surface area contributed by atoms with Crippen LogP contribution in [-0.2, 0) is 22.6 Å². The molecular formula is C22H24N2O4. The van der Waals surface area contributed by atoms with E-state index < -0.39 is 5.92 Å². The first kappa shape index (κ1) is 18.3. The molecule has 4 rings (SSSR count). The molecule has 0 radical (unpaired) electrons. The lowest BCUT2D eigenvalue weighted by Gasteiger charge is -2.25. The van der Waals surface area contributed by atoms with E-state index in [1.165, 1.54) is 0 Å². The molecule has 2 amide bonds. The van der Waals surface area contributed by atoms with Crippen LogP contribution in [0.5, 0.6) is 11.5 Å². The van der Waals surface area contributed by atoms with Crippen molar-refractivity contribution in [2.75, 3.05) is 12.4 Å². The maximum Gasteiger partial charge on any atom is 0.228 e. The van der Waals surface area contributed by atoms with E-state index in [2.05, 4.69) is 30.5 Å². The second-order valence-electron chi connectivity index (χ2n) is 7.96. The quantitative estimate of drug-likeness (QED) is 0.854. The number of fused-ring (bicyclic) bond motifs is 2. The summed E-state index contributed by atoms with van der Waals surface area (Å²) in [6, 6.07) is 11.4. The molecule has 2 aromatic rings. The third-order valence-electron chi connectivity index (χ3n) is 5.21. The Balaban J connectivity index is 1.49. The number of ether oxygens (including phenoxy) is 2. The number of benzene rings is 2. The van der Waals surface area contributed by atoms with Gasteiger partial charge in [0.15, 0.2) is 0 Å². The van der Waals surface area contributed by atoms with Crippen molar-refractivity contribution >= 4 is 17.5 Å². The molecule has 2 aromatic carbocycles. The van der Waals surface area contributed by atoms with Crippen molar-refractivity contribution in [2.45, 2.75) is 44.8 Å². The van der Waals surface area contributed by atoms with Crippen molar-refractivity contribution in [3.63, 3.8) is 0 Å². The van der Waals surface area contributed by atoms with Gasteiger partial charge in [-0.25, -0.2) is 0 Å². The SMILES string of the molecule is COc1ccc2c(c1)C(C(=O)NCc1ccc3c(c1)CC(C)(C)O3)CC(=O)N2. The van der Waals surface area contributed by atoms with Crippen LogP contribution in [0, 0.1) is 0 Å². The van der Waals surface area contributed by atoms with Gasteiger partial charge < -0.3 is 20.1 Å². The molecular weight excluding hydrogens is 356 g/mol. The molecule has 2 heterocycles. The summed E-state index contributed by atoms with van der Waals surface area (Å²) >= 11 is 0. The summed E-state index contributed by atoms with van der Waals surface area (Å²) < 4.78 is 11.2. The molecule has 2 N–H and O–H groups in total. The summed E-state index contributed by atoms with van der Waals surface area (Å²) in [6.07, 6.45) is 0.971. The molecule has 0 saturated carbocycles. The third-order valence-corrected chi connectivity index (χ3v) is 5.21. The first-order chi connectivity index (χ1) is 13.3. The number of hydrogen-bond acceptors (Lipinski definition) is 4. The van der Waals surface area contributed by atoms with Gasteiger partial charge in [0.1, 0.15) is 17.1 Å².